The van der Waals surface area contributed by atoms with Gasteiger partial charge in [0, 0.05) is 25.2 Å². The molecule has 1 aromatic carbocycles. The van der Waals surface area contributed by atoms with Gasteiger partial charge in [0.05, 0.1) is 5.69 Å². The number of hydrogen-bond acceptors (Lipinski definition) is 3. The van der Waals surface area contributed by atoms with Gasteiger partial charge >= 0.3 is 0 Å². The van der Waals surface area contributed by atoms with Crippen LogP contribution in [0.4, 0.5) is 10.1 Å². The van der Waals surface area contributed by atoms with Gasteiger partial charge in [0.1, 0.15) is 5.82 Å². The van der Waals surface area contributed by atoms with Crippen molar-refractivity contribution in [3.8, 4) is 0 Å². The summed E-state index contributed by atoms with van der Waals surface area (Å²) in [4.78, 5) is 4.67. The maximum atomic E-state index is 14.3. The van der Waals surface area contributed by atoms with E-state index >= 15 is 0 Å². The summed E-state index contributed by atoms with van der Waals surface area (Å²) in [6, 6.07) is 5.93. The average Bonchev–Trinajstić information content (AvgIpc) is 2.89. The fourth-order valence-corrected chi connectivity index (χ4v) is 3.41. The summed E-state index contributed by atoms with van der Waals surface area (Å²) in [5.74, 6) is -0.117. The molecular weight excluding hydrogens is 265 g/mol. The minimum atomic E-state index is -0.117. The normalized spacial score (nSPS) is 20.3. The molecule has 2 atom stereocenters. The van der Waals surface area contributed by atoms with E-state index in [2.05, 4.69) is 23.6 Å². The summed E-state index contributed by atoms with van der Waals surface area (Å²) < 4.78 is 14.3. The van der Waals surface area contributed by atoms with E-state index in [-0.39, 0.29) is 11.9 Å². The maximum Gasteiger partial charge on any atom is 0.146 e. The molecule has 1 saturated heterocycles. The van der Waals surface area contributed by atoms with Crippen molar-refractivity contribution in [2.75, 3.05) is 31.1 Å². The predicted octanol–water partition coefficient (Wildman–Crippen LogP) is 2.64. The number of hydrogen-bond donors (Lipinski definition) is 1. The third kappa shape index (κ3) is 3.74. The molecule has 4 heteroatoms. The van der Waals surface area contributed by atoms with Crippen LogP contribution < -0.4 is 10.6 Å². The highest BCUT2D eigenvalue weighted by atomic mass is 19.1. The summed E-state index contributed by atoms with van der Waals surface area (Å²) in [5, 5.41) is 0. The lowest BCUT2D eigenvalue weighted by Gasteiger charge is -2.28. The molecule has 118 valence electrons. The topological polar surface area (TPSA) is 32.5 Å². The van der Waals surface area contributed by atoms with Gasteiger partial charge in [-0.25, -0.2) is 4.39 Å². The van der Waals surface area contributed by atoms with Gasteiger partial charge in [-0.3, -0.25) is 4.90 Å². The van der Waals surface area contributed by atoms with E-state index in [1.54, 1.807) is 12.1 Å². The number of nitrogens with zero attached hydrogens (tertiary/aromatic N) is 2. The second-order valence-electron chi connectivity index (χ2n) is 6.04. The maximum absolute atomic E-state index is 14.3. The molecule has 0 bridgehead atoms. The Hall–Kier alpha value is -1.13. The van der Waals surface area contributed by atoms with Gasteiger partial charge in [-0.05, 0) is 44.5 Å². The van der Waals surface area contributed by atoms with Gasteiger partial charge in [0.2, 0.25) is 0 Å². The second-order valence-corrected chi connectivity index (χ2v) is 6.04. The van der Waals surface area contributed by atoms with Gasteiger partial charge in [-0.1, -0.05) is 26.0 Å². The first-order valence-corrected chi connectivity index (χ1v) is 8.08. The molecule has 0 amide bonds. The molecule has 3 nitrogen and oxygen atoms in total. The third-order valence-electron chi connectivity index (χ3n) is 4.42. The standard InChI is InChI=1S/C17H28FN3/c1-4-20(5-2)15-9-10-21(12-15)17-14(11-13(3)19)7-6-8-16(17)18/h6-8,13,15H,4-5,9-12,19H2,1-3H3. The molecule has 0 saturated carbocycles. The summed E-state index contributed by atoms with van der Waals surface area (Å²) in [7, 11) is 0. The van der Waals surface area contributed by atoms with E-state index in [4.69, 9.17) is 5.73 Å². The van der Waals surface area contributed by atoms with Crippen molar-refractivity contribution in [3.63, 3.8) is 0 Å². The van der Waals surface area contributed by atoms with Gasteiger partial charge in [0.15, 0.2) is 0 Å². The van der Waals surface area contributed by atoms with Gasteiger partial charge in [0.25, 0.3) is 0 Å². The van der Waals surface area contributed by atoms with Crippen LogP contribution in [0.1, 0.15) is 32.8 Å². The number of benzene rings is 1. The Labute approximate surface area is 127 Å². The molecule has 0 aliphatic carbocycles. The Morgan fingerprint density at radius 1 is 1.38 bits per heavy atom. The monoisotopic (exact) mass is 293 g/mol. The van der Waals surface area contributed by atoms with E-state index < -0.39 is 0 Å². The number of likely N-dealkylation sites (N-methyl/N-ethyl adjacent to an activating group) is 1. The van der Waals surface area contributed by atoms with Gasteiger partial charge in [-0.2, -0.15) is 0 Å². The second kappa shape index (κ2) is 7.23. The van der Waals surface area contributed by atoms with E-state index in [1.165, 1.54) is 0 Å². The smallest absolute Gasteiger partial charge is 0.146 e. The molecule has 2 rings (SSSR count). The lowest BCUT2D eigenvalue weighted by Crippen LogP contribution is -2.37. The Kier molecular flexibility index (Phi) is 5.59. The Morgan fingerprint density at radius 2 is 2.10 bits per heavy atom. The molecule has 0 spiro atoms. The minimum absolute atomic E-state index is 0.0479. The molecule has 1 aromatic rings. The van der Waals surface area contributed by atoms with E-state index in [9.17, 15) is 4.39 Å². The first-order valence-electron chi connectivity index (χ1n) is 8.08. The zero-order chi connectivity index (χ0) is 15.4. The molecule has 0 radical (unpaired) electrons. The highest BCUT2D eigenvalue weighted by molar-refractivity contribution is 5.56. The zero-order valence-electron chi connectivity index (χ0n) is 13.5. The van der Waals surface area contributed by atoms with Crippen LogP contribution in [-0.2, 0) is 6.42 Å². The van der Waals surface area contributed by atoms with Crippen LogP contribution in [0.5, 0.6) is 0 Å². The number of para-hydroxylation sites is 1. The van der Waals surface area contributed by atoms with Crippen molar-refractivity contribution in [2.24, 2.45) is 5.73 Å². The van der Waals surface area contributed by atoms with Crippen molar-refractivity contribution in [2.45, 2.75) is 45.7 Å². The molecule has 2 unspecified atom stereocenters. The molecule has 21 heavy (non-hydrogen) atoms. The van der Waals surface area contributed by atoms with Crippen LogP contribution in [0.2, 0.25) is 0 Å². The summed E-state index contributed by atoms with van der Waals surface area (Å²) in [6.45, 7) is 10.3. The van der Waals surface area contributed by atoms with Crippen molar-refractivity contribution in [1.29, 1.82) is 0 Å². The van der Waals surface area contributed by atoms with Crippen LogP contribution >= 0.6 is 0 Å². The average molecular weight is 293 g/mol. The fourth-order valence-electron chi connectivity index (χ4n) is 3.41. The predicted molar refractivity (Wildman–Crippen MR) is 87.3 cm³/mol. The number of nitrogens with two attached hydrogens (primary N) is 1. The minimum Gasteiger partial charge on any atom is -0.367 e. The highest BCUT2D eigenvalue weighted by Gasteiger charge is 2.29. The van der Waals surface area contributed by atoms with Crippen LogP contribution in [0.25, 0.3) is 0 Å². The fraction of sp³-hybridized carbons (Fsp3) is 0.647. The third-order valence-corrected chi connectivity index (χ3v) is 4.42. The van der Waals surface area contributed by atoms with Crippen molar-refractivity contribution < 1.29 is 4.39 Å². The van der Waals surface area contributed by atoms with Gasteiger partial charge < -0.3 is 10.6 Å². The first kappa shape index (κ1) is 16.2. The number of rotatable bonds is 6. The van der Waals surface area contributed by atoms with Crippen LogP contribution in [0.3, 0.4) is 0 Å². The molecule has 1 aliphatic heterocycles. The van der Waals surface area contributed by atoms with Crippen LogP contribution in [-0.4, -0.2) is 43.2 Å². The van der Waals surface area contributed by atoms with Crippen molar-refractivity contribution in [3.05, 3.63) is 29.6 Å². The first-order chi connectivity index (χ1) is 10.1. The van der Waals surface area contributed by atoms with E-state index in [1.807, 2.05) is 13.0 Å². The van der Waals surface area contributed by atoms with Crippen molar-refractivity contribution in [1.82, 2.24) is 4.90 Å². The number of anilines is 1. The van der Waals surface area contributed by atoms with E-state index in [0.717, 1.165) is 50.3 Å². The Morgan fingerprint density at radius 3 is 2.71 bits per heavy atom. The van der Waals surface area contributed by atoms with Crippen molar-refractivity contribution >= 4 is 5.69 Å². The molecule has 0 aromatic heterocycles. The quantitative estimate of drug-likeness (QED) is 0.875. The number of halogens is 1. The highest BCUT2D eigenvalue weighted by Crippen LogP contribution is 2.30. The largest absolute Gasteiger partial charge is 0.367 e. The van der Waals surface area contributed by atoms with Crippen LogP contribution in [0, 0.1) is 5.82 Å². The lowest BCUT2D eigenvalue weighted by molar-refractivity contribution is 0.232. The Bertz CT molecular complexity index is 457. The summed E-state index contributed by atoms with van der Waals surface area (Å²) in [6.07, 6.45) is 1.83. The Balaban J connectivity index is 2.19. The summed E-state index contributed by atoms with van der Waals surface area (Å²) >= 11 is 0. The van der Waals surface area contributed by atoms with E-state index in [0.29, 0.717) is 6.04 Å². The molecule has 1 heterocycles. The zero-order valence-corrected chi connectivity index (χ0v) is 13.5. The van der Waals surface area contributed by atoms with Crippen LogP contribution in [0.15, 0.2) is 18.2 Å². The molecule has 2 N–H and O–H groups in total. The lowest BCUT2D eigenvalue weighted by atomic mass is 10.0. The SMILES string of the molecule is CCN(CC)C1CCN(c2c(F)cccc2CC(C)N)C1. The molecule has 1 aliphatic rings. The molecule has 1 fully saturated rings. The molecular formula is C17H28FN3. The summed E-state index contributed by atoms with van der Waals surface area (Å²) in [5.41, 5.74) is 7.71. The van der Waals surface area contributed by atoms with Gasteiger partial charge in [-0.15, -0.1) is 0 Å².